The molecule has 0 spiro atoms. The second-order valence-corrected chi connectivity index (χ2v) is 5.50. The number of aliphatic carboxylic acids is 1. The van der Waals surface area contributed by atoms with Crippen LogP contribution in [0.4, 0.5) is 5.69 Å². The fraction of sp³-hybridized carbons (Fsp3) is 0.300. The Bertz CT molecular complexity index is 515. The van der Waals surface area contributed by atoms with E-state index in [9.17, 15) is 13.2 Å². The molecule has 0 aromatic heterocycles. The average Bonchev–Trinajstić information content (AvgIpc) is 2.27. The highest BCUT2D eigenvalue weighted by molar-refractivity contribution is 7.90. The normalized spacial score (nSPS) is 11.2. The zero-order valence-electron chi connectivity index (χ0n) is 9.63. The zero-order chi connectivity index (χ0) is 13.8. The summed E-state index contributed by atoms with van der Waals surface area (Å²) in [5.74, 6) is -1.24. The van der Waals surface area contributed by atoms with Crippen LogP contribution in [-0.4, -0.2) is 32.6 Å². The quantitative estimate of drug-likeness (QED) is 0.821. The highest BCUT2D eigenvalue weighted by Gasteiger charge is 2.23. The van der Waals surface area contributed by atoms with Gasteiger partial charge in [-0.2, -0.15) is 13.1 Å². The van der Waals surface area contributed by atoms with Gasteiger partial charge in [-0.15, -0.1) is 0 Å². The van der Waals surface area contributed by atoms with E-state index in [2.05, 4.69) is 4.72 Å². The van der Waals surface area contributed by atoms with E-state index in [1.54, 1.807) is 6.92 Å². The van der Waals surface area contributed by atoms with Crippen molar-refractivity contribution in [1.29, 1.82) is 0 Å². The van der Waals surface area contributed by atoms with Gasteiger partial charge >= 0.3 is 16.2 Å². The molecule has 0 unspecified atom stereocenters. The maximum Gasteiger partial charge on any atom is 0.324 e. The molecule has 18 heavy (non-hydrogen) atoms. The number of nitrogens with one attached hydrogen (secondary N) is 1. The van der Waals surface area contributed by atoms with Gasteiger partial charge in [-0.1, -0.05) is 18.5 Å². The first-order valence-corrected chi connectivity index (χ1v) is 6.93. The van der Waals surface area contributed by atoms with E-state index in [-0.39, 0.29) is 12.2 Å². The first-order valence-electron chi connectivity index (χ1n) is 5.11. The van der Waals surface area contributed by atoms with Gasteiger partial charge in [0.2, 0.25) is 0 Å². The number of carboxylic acid groups (broad SMARTS) is 1. The van der Waals surface area contributed by atoms with Crippen LogP contribution in [0.3, 0.4) is 0 Å². The third kappa shape index (κ3) is 3.86. The number of nitrogens with zero attached hydrogens (tertiary/aromatic N) is 1. The molecule has 0 fully saturated rings. The molecule has 100 valence electrons. The van der Waals surface area contributed by atoms with Crippen LogP contribution in [0.1, 0.15) is 6.92 Å². The molecule has 0 saturated carbocycles. The topological polar surface area (TPSA) is 86.7 Å². The van der Waals surface area contributed by atoms with Crippen molar-refractivity contribution >= 4 is 33.5 Å². The van der Waals surface area contributed by atoms with Crippen LogP contribution in [0.2, 0.25) is 5.02 Å². The molecule has 0 amide bonds. The summed E-state index contributed by atoms with van der Waals surface area (Å²) in [6.07, 6.45) is 0. The highest BCUT2D eigenvalue weighted by Crippen LogP contribution is 2.20. The van der Waals surface area contributed by atoms with Crippen LogP contribution in [0.15, 0.2) is 24.3 Å². The molecule has 0 aliphatic carbocycles. The third-order valence-electron chi connectivity index (χ3n) is 2.01. The van der Waals surface area contributed by atoms with Gasteiger partial charge in [-0.3, -0.25) is 4.79 Å². The molecule has 0 saturated heterocycles. The van der Waals surface area contributed by atoms with E-state index < -0.39 is 22.7 Å². The van der Waals surface area contributed by atoms with E-state index in [1.165, 1.54) is 24.3 Å². The number of halogens is 1. The van der Waals surface area contributed by atoms with Gasteiger partial charge in [0.25, 0.3) is 0 Å². The maximum atomic E-state index is 11.9. The Morgan fingerprint density at radius 3 is 2.39 bits per heavy atom. The van der Waals surface area contributed by atoms with Gasteiger partial charge in [0.1, 0.15) is 6.54 Å². The van der Waals surface area contributed by atoms with Crippen LogP contribution in [0.5, 0.6) is 0 Å². The van der Waals surface area contributed by atoms with Gasteiger partial charge in [0.05, 0.1) is 5.69 Å². The number of anilines is 1. The Hall–Kier alpha value is -1.31. The van der Waals surface area contributed by atoms with E-state index in [4.69, 9.17) is 16.7 Å². The number of rotatable bonds is 6. The molecule has 2 N–H and O–H groups in total. The minimum atomic E-state index is -3.87. The summed E-state index contributed by atoms with van der Waals surface area (Å²) >= 11 is 5.70. The molecule has 1 aromatic rings. The number of hydrogen-bond acceptors (Lipinski definition) is 3. The van der Waals surface area contributed by atoms with Crippen molar-refractivity contribution in [2.45, 2.75) is 6.92 Å². The molecule has 1 aromatic carbocycles. The van der Waals surface area contributed by atoms with Gasteiger partial charge in [0.15, 0.2) is 0 Å². The SMILES string of the molecule is CCNS(=O)(=O)N(CC(=O)O)c1ccc(Cl)cc1. The number of carbonyl (C=O) groups is 1. The summed E-state index contributed by atoms with van der Waals surface area (Å²) in [4.78, 5) is 10.7. The molecule has 8 heteroatoms. The summed E-state index contributed by atoms with van der Waals surface area (Å²) in [5, 5.41) is 9.21. The second-order valence-electron chi connectivity index (χ2n) is 3.38. The van der Waals surface area contributed by atoms with Gasteiger partial charge < -0.3 is 5.11 Å². The van der Waals surface area contributed by atoms with Gasteiger partial charge in [-0.05, 0) is 24.3 Å². The lowest BCUT2D eigenvalue weighted by Gasteiger charge is -2.22. The Kier molecular flexibility index (Phi) is 4.94. The molecule has 0 bridgehead atoms. The van der Waals surface area contributed by atoms with Crippen LogP contribution in [0, 0.1) is 0 Å². The van der Waals surface area contributed by atoms with Crippen LogP contribution >= 0.6 is 11.6 Å². The Labute approximate surface area is 110 Å². The predicted molar refractivity (Wildman–Crippen MR) is 69.0 cm³/mol. The van der Waals surface area contributed by atoms with Crippen molar-refractivity contribution in [3.63, 3.8) is 0 Å². The lowest BCUT2D eigenvalue weighted by atomic mass is 10.3. The summed E-state index contributed by atoms with van der Waals surface area (Å²) in [6, 6.07) is 5.88. The van der Waals surface area contributed by atoms with Crippen molar-refractivity contribution in [2.75, 3.05) is 17.4 Å². The fourth-order valence-electron chi connectivity index (χ4n) is 1.31. The van der Waals surface area contributed by atoms with Crippen LogP contribution in [-0.2, 0) is 15.0 Å². The van der Waals surface area contributed by atoms with Crippen molar-refractivity contribution in [3.05, 3.63) is 29.3 Å². The minimum absolute atomic E-state index is 0.173. The molecule has 6 nitrogen and oxygen atoms in total. The van der Waals surface area contributed by atoms with E-state index in [1.807, 2.05) is 0 Å². The minimum Gasteiger partial charge on any atom is -0.480 e. The zero-order valence-corrected chi connectivity index (χ0v) is 11.2. The van der Waals surface area contributed by atoms with Crippen LogP contribution < -0.4 is 9.03 Å². The molecule has 1 rings (SSSR count). The van der Waals surface area contributed by atoms with E-state index in [0.717, 1.165) is 4.31 Å². The fourth-order valence-corrected chi connectivity index (χ4v) is 2.63. The Morgan fingerprint density at radius 1 is 1.39 bits per heavy atom. The summed E-state index contributed by atoms with van der Waals surface area (Å²) in [6.45, 7) is 1.13. The number of hydrogen-bond donors (Lipinski definition) is 2. The lowest BCUT2D eigenvalue weighted by molar-refractivity contribution is -0.135. The standard InChI is InChI=1S/C10H13ClN2O4S/c1-2-12-18(16,17)13(7-10(14)15)9-5-3-8(11)4-6-9/h3-6,12H,2,7H2,1H3,(H,14,15). The van der Waals surface area contributed by atoms with E-state index in [0.29, 0.717) is 5.02 Å². The molecular formula is C10H13ClN2O4S. The molecule has 0 radical (unpaired) electrons. The molecule has 0 heterocycles. The highest BCUT2D eigenvalue weighted by atomic mass is 35.5. The summed E-state index contributed by atoms with van der Waals surface area (Å²) < 4.78 is 26.8. The predicted octanol–water partition coefficient (Wildman–Crippen LogP) is 1.09. The summed E-state index contributed by atoms with van der Waals surface area (Å²) in [7, 11) is -3.87. The first kappa shape index (κ1) is 14.7. The molecular weight excluding hydrogens is 280 g/mol. The van der Waals surface area contributed by atoms with Crippen molar-refractivity contribution < 1.29 is 18.3 Å². The monoisotopic (exact) mass is 292 g/mol. The lowest BCUT2D eigenvalue weighted by Crippen LogP contribution is -2.43. The Balaban J connectivity index is 3.13. The van der Waals surface area contributed by atoms with E-state index >= 15 is 0 Å². The molecule has 0 aliphatic rings. The largest absolute Gasteiger partial charge is 0.480 e. The number of carboxylic acids is 1. The number of benzene rings is 1. The average molecular weight is 293 g/mol. The smallest absolute Gasteiger partial charge is 0.324 e. The summed E-state index contributed by atoms with van der Waals surface area (Å²) in [5.41, 5.74) is 0.239. The molecule has 0 aliphatic heterocycles. The first-order chi connectivity index (χ1) is 8.36. The molecule has 0 atom stereocenters. The van der Waals surface area contributed by atoms with Crippen molar-refractivity contribution in [2.24, 2.45) is 0 Å². The van der Waals surface area contributed by atoms with Gasteiger partial charge in [0, 0.05) is 11.6 Å². The van der Waals surface area contributed by atoms with Gasteiger partial charge in [-0.25, -0.2) is 4.31 Å². The Morgan fingerprint density at radius 2 is 1.94 bits per heavy atom. The second kappa shape index (κ2) is 6.03. The van der Waals surface area contributed by atoms with Crippen molar-refractivity contribution in [1.82, 2.24) is 4.72 Å². The maximum absolute atomic E-state index is 11.9. The van der Waals surface area contributed by atoms with Crippen molar-refractivity contribution in [3.8, 4) is 0 Å². The van der Waals surface area contributed by atoms with Crippen LogP contribution in [0.25, 0.3) is 0 Å². The third-order valence-corrected chi connectivity index (χ3v) is 3.84.